The molecule has 6 nitrogen and oxygen atoms in total. The number of likely N-dealkylation sites (N-methyl/N-ethyl adjacent to an activating group) is 1. The molecule has 1 aromatic heterocycles. The molecule has 1 saturated heterocycles. The van der Waals surface area contributed by atoms with Gasteiger partial charge in [0.2, 0.25) is 0 Å². The van der Waals surface area contributed by atoms with Crippen molar-refractivity contribution < 1.29 is 13.9 Å². The van der Waals surface area contributed by atoms with Crippen molar-refractivity contribution in [2.75, 3.05) is 40.3 Å². The highest BCUT2D eigenvalue weighted by Gasteiger charge is 2.25. The number of ether oxygens (including phenoxy) is 1. The lowest BCUT2D eigenvalue weighted by Gasteiger charge is -2.26. The zero-order valence-corrected chi connectivity index (χ0v) is 17.1. The van der Waals surface area contributed by atoms with E-state index in [0.717, 1.165) is 42.5 Å². The molecule has 6 heteroatoms. The molecular formula is C22H31N3O3. The highest BCUT2D eigenvalue weighted by atomic mass is 16.5. The summed E-state index contributed by atoms with van der Waals surface area (Å²) in [4.78, 5) is 15.8. The number of furan rings is 1. The van der Waals surface area contributed by atoms with Crippen molar-refractivity contribution in [2.45, 2.75) is 32.4 Å². The lowest BCUT2D eigenvalue weighted by atomic mass is 10.1. The highest BCUT2D eigenvalue weighted by molar-refractivity contribution is 5.77. The van der Waals surface area contributed by atoms with Crippen LogP contribution in [-0.4, -0.2) is 56.0 Å². The van der Waals surface area contributed by atoms with Crippen molar-refractivity contribution in [2.24, 2.45) is 0 Å². The minimum absolute atomic E-state index is 0.0477. The molecule has 0 radical (unpaired) electrons. The van der Waals surface area contributed by atoms with Crippen molar-refractivity contribution >= 4 is 5.91 Å². The lowest BCUT2D eigenvalue weighted by Crippen LogP contribution is -2.34. The number of para-hydroxylation sites is 1. The maximum Gasteiger partial charge on any atom is 0.259 e. The zero-order chi connectivity index (χ0) is 19.9. The molecule has 1 aliphatic rings. The second-order valence-corrected chi connectivity index (χ2v) is 7.52. The average Bonchev–Trinajstić information content (AvgIpc) is 3.36. The fourth-order valence-corrected chi connectivity index (χ4v) is 3.50. The summed E-state index contributed by atoms with van der Waals surface area (Å²) < 4.78 is 11.7. The van der Waals surface area contributed by atoms with Gasteiger partial charge in [-0.05, 0) is 51.1 Å². The smallest absolute Gasteiger partial charge is 0.259 e. The van der Waals surface area contributed by atoms with Gasteiger partial charge in [0.25, 0.3) is 5.91 Å². The Labute approximate surface area is 167 Å². The third-order valence-electron chi connectivity index (χ3n) is 5.15. The first kappa shape index (κ1) is 20.4. The molecule has 3 rings (SSSR count). The predicted molar refractivity (Wildman–Crippen MR) is 109 cm³/mol. The minimum Gasteiger partial charge on any atom is -0.483 e. The van der Waals surface area contributed by atoms with Gasteiger partial charge in [0.15, 0.2) is 6.61 Å². The zero-order valence-electron chi connectivity index (χ0n) is 17.1. The maximum absolute atomic E-state index is 11.8. The van der Waals surface area contributed by atoms with E-state index in [4.69, 9.17) is 9.15 Å². The van der Waals surface area contributed by atoms with E-state index in [9.17, 15) is 4.79 Å². The Kier molecular flexibility index (Phi) is 7.12. The van der Waals surface area contributed by atoms with Crippen LogP contribution in [0.25, 0.3) is 0 Å². The Hall–Kier alpha value is -2.31. The molecule has 1 aromatic carbocycles. The van der Waals surface area contributed by atoms with E-state index in [1.807, 2.05) is 37.3 Å². The monoisotopic (exact) mass is 385 g/mol. The third kappa shape index (κ3) is 5.36. The summed E-state index contributed by atoms with van der Waals surface area (Å²) in [5.41, 5.74) is 1.05. The van der Waals surface area contributed by atoms with Gasteiger partial charge in [-0.15, -0.1) is 0 Å². The van der Waals surface area contributed by atoms with E-state index in [1.165, 1.54) is 17.7 Å². The van der Waals surface area contributed by atoms with E-state index in [0.29, 0.717) is 6.54 Å². The van der Waals surface area contributed by atoms with Crippen molar-refractivity contribution in [3.63, 3.8) is 0 Å². The molecule has 28 heavy (non-hydrogen) atoms. The van der Waals surface area contributed by atoms with Crippen LogP contribution in [0.5, 0.6) is 5.75 Å². The van der Waals surface area contributed by atoms with Gasteiger partial charge >= 0.3 is 0 Å². The number of hydrogen-bond acceptors (Lipinski definition) is 5. The summed E-state index contributed by atoms with van der Waals surface area (Å²) in [5.74, 6) is 2.67. The maximum atomic E-state index is 11.8. The van der Waals surface area contributed by atoms with Gasteiger partial charge in [-0.25, -0.2) is 0 Å². The van der Waals surface area contributed by atoms with Crippen LogP contribution < -0.4 is 10.1 Å². The molecule has 2 heterocycles. The van der Waals surface area contributed by atoms with Crippen LogP contribution in [0.1, 0.15) is 36.0 Å². The van der Waals surface area contributed by atoms with Crippen molar-refractivity contribution in [1.82, 2.24) is 15.1 Å². The number of likely N-dealkylation sites (tertiary alicyclic amines) is 1. The van der Waals surface area contributed by atoms with Gasteiger partial charge in [-0.2, -0.15) is 0 Å². The van der Waals surface area contributed by atoms with Crippen molar-refractivity contribution in [3.05, 3.63) is 53.5 Å². The standard InChI is InChI=1S/C22H31N3O3/c1-17-10-11-21(28-17)19(25-12-6-7-13-25)15-23-14-18-8-4-5-9-20(18)27-16-22(26)24(2)3/h4-5,8-11,19,23H,6-7,12-16H2,1-3H3. The summed E-state index contributed by atoms with van der Waals surface area (Å²) >= 11 is 0. The topological polar surface area (TPSA) is 58.0 Å². The predicted octanol–water partition coefficient (Wildman–Crippen LogP) is 2.98. The highest BCUT2D eigenvalue weighted by Crippen LogP contribution is 2.26. The Bertz CT molecular complexity index is 766. The first-order valence-corrected chi connectivity index (χ1v) is 9.96. The van der Waals surface area contributed by atoms with Gasteiger partial charge in [0.05, 0.1) is 6.04 Å². The third-order valence-corrected chi connectivity index (χ3v) is 5.15. The SMILES string of the molecule is Cc1ccc(C(CNCc2ccccc2OCC(=O)N(C)C)N2CCCC2)o1. The Morgan fingerprint density at radius 1 is 1.21 bits per heavy atom. The molecule has 152 valence electrons. The quantitative estimate of drug-likeness (QED) is 0.719. The number of nitrogens with zero attached hydrogens (tertiary/aromatic N) is 2. The average molecular weight is 386 g/mol. The van der Waals surface area contributed by atoms with E-state index in [-0.39, 0.29) is 18.6 Å². The molecule has 1 fully saturated rings. The van der Waals surface area contributed by atoms with Crippen molar-refractivity contribution in [3.8, 4) is 5.75 Å². The molecule has 0 aliphatic carbocycles. The van der Waals surface area contributed by atoms with Gasteiger partial charge in [0.1, 0.15) is 17.3 Å². The van der Waals surface area contributed by atoms with Gasteiger partial charge in [-0.1, -0.05) is 18.2 Å². The normalized spacial score (nSPS) is 15.5. The number of aryl methyl sites for hydroxylation is 1. The molecule has 1 atom stereocenters. The van der Waals surface area contributed by atoms with E-state index >= 15 is 0 Å². The van der Waals surface area contributed by atoms with Crippen LogP contribution in [0.4, 0.5) is 0 Å². The van der Waals surface area contributed by atoms with Crippen molar-refractivity contribution in [1.29, 1.82) is 0 Å². The van der Waals surface area contributed by atoms with E-state index in [2.05, 4.69) is 16.3 Å². The lowest BCUT2D eigenvalue weighted by molar-refractivity contribution is -0.130. The molecule has 1 unspecified atom stereocenters. The number of benzene rings is 1. The second-order valence-electron chi connectivity index (χ2n) is 7.52. The molecular weight excluding hydrogens is 354 g/mol. The fraction of sp³-hybridized carbons (Fsp3) is 0.500. The number of carbonyl (C=O) groups excluding carboxylic acids is 1. The van der Waals surface area contributed by atoms with Crippen LogP contribution in [0.15, 0.2) is 40.8 Å². The number of carbonyl (C=O) groups is 1. The van der Waals surface area contributed by atoms with Gasteiger partial charge in [0, 0.05) is 32.7 Å². The summed E-state index contributed by atoms with van der Waals surface area (Å²) in [6, 6.07) is 12.2. The fourth-order valence-electron chi connectivity index (χ4n) is 3.50. The number of amides is 1. The first-order valence-electron chi connectivity index (χ1n) is 9.96. The molecule has 0 saturated carbocycles. The first-order chi connectivity index (χ1) is 13.5. The Balaban J connectivity index is 1.60. The molecule has 0 bridgehead atoms. The summed E-state index contributed by atoms with van der Waals surface area (Å²) in [6.07, 6.45) is 2.49. The number of rotatable bonds is 9. The molecule has 0 spiro atoms. The Morgan fingerprint density at radius 2 is 1.96 bits per heavy atom. The van der Waals surface area contributed by atoms with E-state index in [1.54, 1.807) is 14.1 Å². The van der Waals surface area contributed by atoms with Crippen LogP contribution >= 0.6 is 0 Å². The van der Waals surface area contributed by atoms with Crippen LogP contribution in [0, 0.1) is 6.92 Å². The minimum atomic E-state index is -0.0509. The number of hydrogen-bond donors (Lipinski definition) is 1. The summed E-state index contributed by atoms with van der Waals surface area (Å²) in [7, 11) is 3.46. The molecule has 1 amide bonds. The number of nitrogens with one attached hydrogen (secondary N) is 1. The summed E-state index contributed by atoms with van der Waals surface area (Å²) in [6.45, 7) is 5.73. The summed E-state index contributed by atoms with van der Waals surface area (Å²) in [5, 5.41) is 3.56. The molecule has 2 aromatic rings. The van der Waals surface area contributed by atoms with Crippen LogP contribution in [0.3, 0.4) is 0 Å². The van der Waals surface area contributed by atoms with Crippen LogP contribution in [-0.2, 0) is 11.3 Å². The second kappa shape index (κ2) is 9.75. The Morgan fingerprint density at radius 3 is 2.64 bits per heavy atom. The molecule has 1 N–H and O–H groups in total. The largest absolute Gasteiger partial charge is 0.483 e. The van der Waals surface area contributed by atoms with E-state index < -0.39 is 0 Å². The molecule has 1 aliphatic heterocycles. The van der Waals surface area contributed by atoms with Crippen LogP contribution in [0.2, 0.25) is 0 Å². The van der Waals surface area contributed by atoms with Gasteiger partial charge < -0.3 is 19.4 Å². The van der Waals surface area contributed by atoms with Gasteiger partial charge in [-0.3, -0.25) is 9.69 Å².